The number of methoxy groups -OCH3 is 1. The van der Waals surface area contributed by atoms with Gasteiger partial charge in [0.2, 0.25) is 0 Å². The Hall–Kier alpha value is -6.06. The van der Waals surface area contributed by atoms with Crippen molar-refractivity contribution in [3.63, 3.8) is 0 Å². The van der Waals surface area contributed by atoms with Gasteiger partial charge in [0.1, 0.15) is 11.5 Å². The molecule has 0 aliphatic rings. The second-order valence-corrected chi connectivity index (χ2v) is 17.0. The van der Waals surface area contributed by atoms with Gasteiger partial charge in [-0.1, -0.05) is 200 Å². The number of ether oxygens (including phenoxy) is 2. The Labute approximate surface area is 373 Å². The van der Waals surface area contributed by atoms with Crippen molar-refractivity contribution in [2.75, 3.05) is 18.6 Å². The van der Waals surface area contributed by atoms with Gasteiger partial charge in [-0.05, 0) is 107 Å². The van der Waals surface area contributed by atoms with Crippen molar-refractivity contribution in [3.8, 4) is 11.5 Å². The highest BCUT2D eigenvalue weighted by molar-refractivity contribution is 5.81. The minimum Gasteiger partial charge on any atom is -0.496 e. The van der Waals surface area contributed by atoms with E-state index >= 15 is 0 Å². The normalized spacial score (nSPS) is 12.2. The number of hydrogen-bond donors (Lipinski definition) is 0. The van der Waals surface area contributed by atoms with Crippen LogP contribution in [-0.4, -0.2) is 13.7 Å². The molecule has 0 aromatic heterocycles. The van der Waals surface area contributed by atoms with Gasteiger partial charge < -0.3 is 14.4 Å². The molecule has 0 amide bonds. The molecule has 6 aromatic rings. The summed E-state index contributed by atoms with van der Waals surface area (Å²) >= 11 is 0. The molecule has 0 aliphatic carbocycles. The van der Waals surface area contributed by atoms with Crippen LogP contribution in [0.25, 0.3) is 36.5 Å². The average Bonchev–Trinajstić information content (AvgIpc) is 3.30. The van der Waals surface area contributed by atoms with Crippen LogP contribution in [0, 0.1) is 11.8 Å². The van der Waals surface area contributed by atoms with Gasteiger partial charge >= 0.3 is 0 Å². The fraction of sp³-hybridized carbons (Fsp3) is 0.288. The van der Waals surface area contributed by atoms with Gasteiger partial charge in [-0.3, -0.25) is 0 Å². The number of nitrogens with zero attached hydrogens (tertiary/aromatic N) is 1. The monoisotopic (exact) mass is 822 g/mol. The van der Waals surface area contributed by atoms with Crippen molar-refractivity contribution in [1.29, 1.82) is 0 Å². The molecule has 0 aliphatic heterocycles. The van der Waals surface area contributed by atoms with Gasteiger partial charge in [0.25, 0.3) is 0 Å². The maximum Gasteiger partial charge on any atom is 0.127 e. The largest absolute Gasteiger partial charge is 0.496 e. The van der Waals surface area contributed by atoms with Crippen molar-refractivity contribution < 1.29 is 9.47 Å². The van der Waals surface area contributed by atoms with E-state index in [4.69, 9.17) is 9.47 Å². The van der Waals surface area contributed by atoms with Crippen molar-refractivity contribution in [1.82, 2.24) is 0 Å². The molecule has 0 bridgehead atoms. The maximum atomic E-state index is 6.57. The minimum atomic E-state index is 0.620. The van der Waals surface area contributed by atoms with Crippen LogP contribution in [0.4, 0.5) is 17.1 Å². The summed E-state index contributed by atoms with van der Waals surface area (Å²) in [6, 6.07) is 51.8. The van der Waals surface area contributed by atoms with E-state index in [0.29, 0.717) is 12.5 Å². The Bertz CT molecular complexity index is 2290. The Balaban J connectivity index is 1.23. The third kappa shape index (κ3) is 14.3. The first-order chi connectivity index (χ1) is 30.4. The zero-order valence-electron chi connectivity index (χ0n) is 37.8. The predicted molar refractivity (Wildman–Crippen MR) is 270 cm³/mol. The smallest absolute Gasteiger partial charge is 0.127 e. The van der Waals surface area contributed by atoms with Crippen LogP contribution in [0.5, 0.6) is 11.5 Å². The lowest BCUT2D eigenvalue weighted by atomic mass is 9.97. The highest BCUT2D eigenvalue weighted by Crippen LogP contribution is 2.36. The lowest BCUT2D eigenvalue weighted by Crippen LogP contribution is -2.10. The Morgan fingerprint density at radius 3 is 1.48 bits per heavy atom. The third-order valence-electron chi connectivity index (χ3n) is 11.5. The van der Waals surface area contributed by atoms with E-state index in [9.17, 15) is 0 Å². The van der Waals surface area contributed by atoms with Gasteiger partial charge in [-0.2, -0.15) is 0 Å². The van der Waals surface area contributed by atoms with Gasteiger partial charge in [-0.25, -0.2) is 0 Å². The summed E-state index contributed by atoms with van der Waals surface area (Å²) in [5, 5.41) is 0. The summed E-state index contributed by atoms with van der Waals surface area (Å²) in [5.41, 5.74) is 11.3. The van der Waals surface area contributed by atoms with Crippen LogP contribution in [0.3, 0.4) is 0 Å². The number of unbranched alkanes of at least 4 members (excludes halogenated alkanes) is 3. The van der Waals surface area contributed by atoms with Gasteiger partial charge in [-0.15, -0.1) is 0 Å². The summed E-state index contributed by atoms with van der Waals surface area (Å²) in [4.78, 5) is 2.35. The summed E-state index contributed by atoms with van der Waals surface area (Å²) in [6.45, 7) is 9.90. The second-order valence-electron chi connectivity index (χ2n) is 17.0. The highest BCUT2D eigenvalue weighted by Gasteiger charge is 2.14. The number of anilines is 3. The molecule has 1 unspecified atom stereocenters. The van der Waals surface area contributed by atoms with Crippen LogP contribution < -0.4 is 14.4 Å². The molecule has 0 spiro atoms. The first-order valence-electron chi connectivity index (χ1n) is 23.0. The van der Waals surface area contributed by atoms with E-state index in [2.05, 4.69) is 203 Å². The second kappa shape index (κ2) is 24.4. The zero-order valence-corrected chi connectivity index (χ0v) is 37.8. The lowest BCUT2D eigenvalue weighted by Gasteiger charge is -2.26. The first-order valence-corrected chi connectivity index (χ1v) is 23.0. The van der Waals surface area contributed by atoms with Crippen molar-refractivity contribution in [2.24, 2.45) is 11.8 Å². The highest BCUT2D eigenvalue weighted by atomic mass is 16.5. The van der Waals surface area contributed by atoms with Crippen LogP contribution in [0.1, 0.15) is 118 Å². The van der Waals surface area contributed by atoms with Crippen LogP contribution in [-0.2, 0) is 6.42 Å². The lowest BCUT2D eigenvalue weighted by molar-refractivity contribution is 0.275. The topological polar surface area (TPSA) is 21.7 Å². The summed E-state index contributed by atoms with van der Waals surface area (Å²) in [7, 11) is 1.74. The van der Waals surface area contributed by atoms with Crippen LogP contribution >= 0.6 is 0 Å². The molecule has 0 saturated heterocycles. The van der Waals surface area contributed by atoms with Crippen molar-refractivity contribution >= 4 is 53.5 Å². The first kappa shape index (κ1) is 45.5. The average molecular weight is 822 g/mol. The molecule has 1 atom stereocenters. The number of hydrogen-bond acceptors (Lipinski definition) is 3. The molecule has 320 valence electrons. The number of benzene rings is 6. The van der Waals surface area contributed by atoms with Gasteiger partial charge in [0, 0.05) is 28.2 Å². The van der Waals surface area contributed by atoms with Crippen LogP contribution in [0.2, 0.25) is 0 Å². The fourth-order valence-corrected chi connectivity index (χ4v) is 7.72. The molecule has 0 heterocycles. The van der Waals surface area contributed by atoms with Gasteiger partial charge in [0.15, 0.2) is 0 Å². The number of aryl methyl sites for hydroxylation is 1. The molecule has 6 aromatic carbocycles. The SMILES string of the molecule is CCCCCCc1ccc(N(c2ccc(/C=C/c3ccccc3)cc2)c2ccc(/C=C/c3cc(OCCC(C)CCCC(C)C)c(/C=C/c4ccccc4)cc3OC)cc2)cc1. The molecular weight excluding hydrogens is 755 g/mol. The van der Waals surface area contributed by atoms with E-state index in [1.807, 2.05) is 12.1 Å². The van der Waals surface area contributed by atoms with Crippen LogP contribution in [0.15, 0.2) is 146 Å². The maximum absolute atomic E-state index is 6.57. The Morgan fingerprint density at radius 1 is 0.484 bits per heavy atom. The molecule has 62 heavy (non-hydrogen) atoms. The fourth-order valence-electron chi connectivity index (χ4n) is 7.72. The molecule has 0 radical (unpaired) electrons. The Kier molecular flexibility index (Phi) is 17.9. The predicted octanol–water partition coefficient (Wildman–Crippen LogP) is 17.0. The quantitative estimate of drug-likeness (QED) is 0.0475. The van der Waals surface area contributed by atoms with Gasteiger partial charge in [0.05, 0.1) is 13.7 Å². The third-order valence-corrected chi connectivity index (χ3v) is 11.5. The summed E-state index contributed by atoms with van der Waals surface area (Å²) < 4.78 is 12.5. The van der Waals surface area contributed by atoms with E-state index in [1.54, 1.807) is 7.11 Å². The molecule has 3 nitrogen and oxygen atoms in total. The molecule has 6 rings (SSSR count). The summed E-state index contributed by atoms with van der Waals surface area (Å²) in [5.74, 6) is 3.04. The molecular formula is C59H67NO2. The van der Waals surface area contributed by atoms with Crippen molar-refractivity contribution in [2.45, 2.75) is 85.5 Å². The van der Waals surface area contributed by atoms with Crippen molar-refractivity contribution in [3.05, 3.63) is 185 Å². The van der Waals surface area contributed by atoms with E-state index in [1.165, 1.54) is 56.1 Å². The van der Waals surface area contributed by atoms with E-state index in [0.717, 1.165) is 75.1 Å². The standard InChI is InChI=1S/C59H67NO2/c1-6-7-8-11-23-50-28-36-55(37-29-50)60(56-38-30-51(31-39-56)25-24-48-19-12-9-13-20-48)57-40-32-52(33-41-57)27-34-53-45-59(62-43-42-47(4)18-16-17-46(2)3)54(44-58(53)61-5)35-26-49-21-14-10-15-22-49/h9-10,12-15,19-22,24-41,44-47H,6-8,11,16-18,23,42-43H2,1-5H3/b25-24+,34-27+,35-26+. The minimum absolute atomic E-state index is 0.620. The molecule has 3 heteroatoms. The number of rotatable bonds is 23. The molecule has 0 fully saturated rings. The van der Waals surface area contributed by atoms with E-state index in [-0.39, 0.29) is 0 Å². The zero-order chi connectivity index (χ0) is 43.4. The Morgan fingerprint density at radius 2 is 0.968 bits per heavy atom. The molecule has 0 N–H and O–H groups in total. The molecule has 0 saturated carbocycles. The summed E-state index contributed by atoms with van der Waals surface area (Å²) in [6.07, 6.45) is 23.9. The van der Waals surface area contributed by atoms with E-state index < -0.39 is 0 Å².